The third kappa shape index (κ3) is 4.61. The largest absolute Gasteiger partial charge is 0.465 e. The molecule has 2 aliphatic heterocycles. The molecule has 0 saturated carbocycles. The molecule has 7 nitrogen and oxygen atoms in total. The van der Waals surface area contributed by atoms with Crippen molar-refractivity contribution in [2.24, 2.45) is 0 Å². The van der Waals surface area contributed by atoms with Crippen LogP contribution >= 0.6 is 0 Å². The predicted molar refractivity (Wildman–Crippen MR) is 129 cm³/mol. The van der Waals surface area contributed by atoms with Crippen LogP contribution in [0, 0.1) is 0 Å². The lowest BCUT2D eigenvalue weighted by Crippen LogP contribution is -2.51. The highest BCUT2D eigenvalue weighted by atomic mass is 16.5. The second-order valence-electron chi connectivity index (χ2n) is 8.57. The molecule has 34 heavy (non-hydrogen) atoms. The van der Waals surface area contributed by atoms with Crippen molar-refractivity contribution in [3.63, 3.8) is 0 Å². The van der Waals surface area contributed by atoms with Crippen LogP contribution in [0.25, 0.3) is 0 Å². The Morgan fingerprint density at radius 3 is 2.24 bits per heavy atom. The first-order chi connectivity index (χ1) is 16.6. The van der Waals surface area contributed by atoms with Gasteiger partial charge in [-0.3, -0.25) is 9.80 Å². The van der Waals surface area contributed by atoms with E-state index >= 15 is 0 Å². The van der Waals surface area contributed by atoms with Crippen LogP contribution in [0.4, 0.5) is 10.5 Å². The second-order valence-corrected chi connectivity index (χ2v) is 8.57. The zero-order chi connectivity index (χ0) is 23.5. The van der Waals surface area contributed by atoms with Gasteiger partial charge in [-0.25, -0.2) is 9.59 Å². The molecular formula is C27H27N3O4. The molecule has 2 amide bonds. The Balaban J connectivity index is 1.21. The van der Waals surface area contributed by atoms with Gasteiger partial charge in [0.15, 0.2) is 0 Å². The van der Waals surface area contributed by atoms with Crippen LogP contribution in [-0.4, -0.2) is 61.1 Å². The summed E-state index contributed by atoms with van der Waals surface area (Å²) in [6.07, 6.45) is 0. The molecule has 2 saturated heterocycles. The molecule has 0 aromatic heterocycles. The van der Waals surface area contributed by atoms with E-state index in [4.69, 9.17) is 9.47 Å². The molecule has 3 aromatic carbocycles. The smallest absolute Gasteiger partial charge is 0.337 e. The van der Waals surface area contributed by atoms with Gasteiger partial charge >= 0.3 is 12.0 Å². The quantitative estimate of drug-likeness (QED) is 0.514. The molecule has 2 heterocycles. The van der Waals surface area contributed by atoms with Gasteiger partial charge in [-0.05, 0) is 54.1 Å². The first-order valence-corrected chi connectivity index (χ1v) is 11.4. The Bertz CT molecular complexity index is 1150. The minimum absolute atomic E-state index is 0.0661. The molecule has 174 valence electrons. The van der Waals surface area contributed by atoms with E-state index in [0.717, 1.165) is 31.9 Å². The van der Waals surface area contributed by atoms with Crippen molar-refractivity contribution in [1.29, 1.82) is 0 Å². The zero-order valence-corrected chi connectivity index (χ0v) is 19.1. The summed E-state index contributed by atoms with van der Waals surface area (Å²) in [6, 6.07) is 25.0. The van der Waals surface area contributed by atoms with Crippen molar-refractivity contribution in [3.8, 4) is 11.5 Å². The van der Waals surface area contributed by atoms with Crippen molar-refractivity contribution in [3.05, 3.63) is 90.0 Å². The number of carbonyl (C=O) groups excluding carboxylic acids is 2. The van der Waals surface area contributed by atoms with Crippen LogP contribution in [0.15, 0.2) is 78.9 Å². The molecule has 5 rings (SSSR count). The molecule has 2 aliphatic rings. The number of esters is 1. The fraction of sp³-hybridized carbons (Fsp3) is 0.259. The average molecular weight is 458 g/mol. The van der Waals surface area contributed by atoms with Crippen molar-refractivity contribution < 1.29 is 19.1 Å². The monoisotopic (exact) mass is 457 g/mol. The van der Waals surface area contributed by atoms with E-state index in [-0.39, 0.29) is 18.0 Å². The number of methoxy groups -OCH3 is 1. The summed E-state index contributed by atoms with van der Waals surface area (Å²) in [5.74, 6) is 0.895. The number of urea groups is 1. The predicted octanol–water partition coefficient (Wildman–Crippen LogP) is 4.39. The highest BCUT2D eigenvalue weighted by Crippen LogP contribution is 2.30. The Morgan fingerprint density at radius 2 is 1.56 bits per heavy atom. The fourth-order valence-corrected chi connectivity index (χ4v) is 4.58. The van der Waals surface area contributed by atoms with E-state index < -0.39 is 0 Å². The maximum atomic E-state index is 13.1. The molecule has 2 fully saturated rings. The SMILES string of the molecule is COC(=O)c1ccc(Oc2ccc(N3C[C@@H]4CN(Cc5ccccc5)CCN4C3=O)cc2)cc1. The van der Waals surface area contributed by atoms with Gasteiger partial charge in [-0.2, -0.15) is 0 Å². The van der Waals surface area contributed by atoms with E-state index in [1.165, 1.54) is 12.7 Å². The zero-order valence-electron chi connectivity index (χ0n) is 19.1. The number of piperazine rings is 1. The number of amides is 2. The number of hydrogen-bond donors (Lipinski definition) is 0. The molecule has 7 heteroatoms. The third-order valence-corrected chi connectivity index (χ3v) is 6.35. The van der Waals surface area contributed by atoms with Crippen LogP contribution in [-0.2, 0) is 11.3 Å². The number of benzene rings is 3. The van der Waals surface area contributed by atoms with Gasteiger partial charge in [0.25, 0.3) is 0 Å². The first kappa shape index (κ1) is 22.0. The van der Waals surface area contributed by atoms with Gasteiger partial charge in [0.05, 0.1) is 18.7 Å². The van der Waals surface area contributed by atoms with Crippen LogP contribution < -0.4 is 9.64 Å². The molecule has 0 unspecified atom stereocenters. The molecule has 0 spiro atoms. The van der Waals surface area contributed by atoms with Crippen LogP contribution in [0.5, 0.6) is 11.5 Å². The molecule has 0 aliphatic carbocycles. The molecule has 0 bridgehead atoms. The van der Waals surface area contributed by atoms with Gasteiger partial charge in [0.2, 0.25) is 0 Å². The number of rotatable bonds is 6. The summed E-state index contributed by atoms with van der Waals surface area (Å²) in [5, 5.41) is 0. The molecular weight excluding hydrogens is 430 g/mol. The summed E-state index contributed by atoms with van der Waals surface area (Å²) in [7, 11) is 1.35. The van der Waals surface area contributed by atoms with Gasteiger partial charge in [-0.1, -0.05) is 30.3 Å². The highest BCUT2D eigenvalue weighted by Gasteiger charge is 2.41. The van der Waals surface area contributed by atoms with E-state index in [1.54, 1.807) is 24.3 Å². The summed E-state index contributed by atoms with van der Waals surface area (Å²) in [6.45, 7) is 4.09. The number of hydrogen-bond acceptors (Lipinski definition) is 5. The summed E-state index contributed by atoms with van der Waals surface area (Å²) in [5.41, 5.74) is 2.63. The highest BCUT2D eigenvalue weighted by molar-refractivity contribution is 5.95. The fourth-order valence-electron chi connectivity index (χ4n) is 4.58. The van der Waals surface area contributed by atoms with Crippen molar-refractivity contribution in [2.45, 2.75) is 12.6 Å². The Morgan fingerprint density at radius 1 is 0.882 bits per heavy atom. The van der Waals surface area contributed by atoms with Crippen molar-refractivity contribution in [2.75, 3.05) is 38.2 Å². The van der Waals surface area contributed by atoms with Gasteiger partial charge < -0.3 is 14.4 Å². The van der Waals surface area contributed by atoms with Gasteiger partial charge in [0.1, 0.15) is 11.5 Å². The van der Waals surface area contributed by atoms with Crippen LogP contribution in [0.1, 0.15) is 15.9 Å². The lowest BCUT2D eigenvalue weighted by atomic mass is 10.1. The number of fused-ring (bicyclic) bond motifs is 1. The number of nitrogens with zero attached hydrogens (tertiary/aromatic N) is 3. The van der Waals surface area contributed by atoms with Crippen molar-refractivity contribution in [1.82, 2.24) is 9.80 Å². The molecule has 0 radical (unpaired) electrons. The minimum Gasteiger partial charge on any atom is -0.465 e. The number of carbonyl (C=O) groups is 2. The number of anilines is 1. The van der Waals surface area contributed by atoms with E-state index in [2.05, 4.69) is 29.2 Å². The Labute approximate surface area is 199 Å². The van der Waals surface area contributed by atoms with E-state index in [0.29, 0.717) is 23.6 Å². The van der Waals surface area contributed by atoms with Crippen LogP contribution in [0.2, 0.25) is 0 Å². The third-order valence-electron chi connectivity index (χ3n) is 6.35. The molecule has 1 atom stereocenters. The van der Waals surface area contributed by atoms with E-state index in [9.17, 15) is 9.59 Å². The first-order valence-electron chi connectivity index (χ1n) is 11.4. The lowest BCUT2D eigenvalue weighted by molar-refractivity contribution is 0.0600. The maximum Gasteiger partial charge on any atom is 0.337 e. The molecule has 3 aromatic rings. The normalized spacial score (nSPS) is 18.0. The minimum atomic E-state index is -0.384. The van der Waals surface area contributed by atoms with Gasteiger partial charge in [0, 0.05) is 38.4 Å². The maximum absolute atomic E-state index is 13.1. The Kier molecular flexibility index (Phi) is 6.18. The lowest BCUT2D eigenvalue weighted by Gasteiger charge is -2.36. The van der Waals surface area contributed by atoms with Crippen LogP contribution in [0.3, 0.4) is 0 Å². The topological polar surface area (TPSA) is 62.3 Å². The summed E-state index contributed by atoms with van der Waals surface area (Å²) < 4.78 is 10.6. The summed E-state index contributed by atoms with van der Waals surface area (Å²) in [4.78, 5) is 30.9. The number of ether oxygens (including phenoxy) is 2. The summed E-state index contributed by atoms with van der Waals surface area (Å²) >= 11 is 0. The standard InChI is InChI=1S/C27H27N3O4/c1-33-26(31)21-7-11-24(12-8-21)34-25-13-9-22(10-14-25)30-19-23-18-28(15-16-29(23)27(30)32)17-20-5-3-2-4-6-20/h2-14,23H,15-19H2,1H3/t23-/m0/s1. The Hall–Kier alpha value is -3.84. The second kappa shape index (κ2) is 9.57. The van der Waals surface area contributed by atoms with E-state index in [1.807, 2.05) is 40.1 Å². The van der Waals surface area contributed by atoms with Gasteiger partial charge in [-0.15, -0.1) is 0 Å². The average Bonchev–Trinajstić information content (AvgIpc) is 3.20. The molecule has 0 N–H and O–H groups in total. The van der Waals surface area contributed by atoms with Crippen molar-refractivity contribution >= 4 is 17.7 Å².